The molecule has 0 aromatic rings. The lowest BCUT2D eigenvalue weighted by Crippen LogP contribution is -2.47. The number of rotatable bonds is 6. The minimum Gasteiger partial charge on any atom is -0.395 e. The minimum atomic E-state index is 0.257. The first kappa shape index (κ1) is 14.3. The molecule has 0 aromatic carbocycles. The molecule has 2 fully saturated rings. The lowest BCUT2D eigenvalue weighted by molar-refractivity contribution is 0.0750. The summed E-state index contributed by atoms with van der Waals surface area (Å²) in [5, 5.41) is 13.0. The van der Waals surface area contributed by atoms with Gasteiger partial charge in [0.25, 0.3) is 0 Å². The summed E-state index contributed by atoms with van der Waals surface area (Å²) in [6, 6.07) is 0.351. The molecule has 0 saturated carbocycles. The van der Waals surface area contributed by atoms with Crippen LogP contribution in [0.4, 0.5) is 0 Å². The van der Waals surface area contributed by atoms with Crippen molar-refractivity contribution < 1.29 is 9.84 Å². The first-order valence-corrected chi connectivity index (χ1v) is 7.34. The predicted molar refractivity (Wildman–Crippen MR) is 72.6 cm³/mol. The Morgan fingerprint density at radius 1 is 1.50 bits per heavy atom. The first-order chi connectivity index (χ1) is 8.71. The Labute approximate surface area is 111 Å². The van der Waals surface area contributed by atoms with E-state index >= 15 is 0 Å². The third kappa shape index (κ3) is 3.05. The quantitative estimate of drug-likeness (QED) is 0.734. The largest absolute Gasteiger partial charge is 0.395 e. The Kier molecular flexibility index (Phi) is 5.01. The molecular weight excluding hydrogens is 228 g/mol. The lowest BCUT2D eigenvalue weighted by atomic mass is 9.86. The maximum atomic E-state index is 9.55. The normalized spacial score (nSPS) is 37.5. The molecule has 2 aliphatic heterocycles. The summed E-state index contributed by atoms with van der Waals surface area (Å²) in [7, 11) is 0. The molecule has 0 radical (unpaired) electrons. The molecule has 18 heavy (non-hydrogen) atoms. The van der Waals surface area contributed by atoms with Gasteiger partial charge in [-0.05, 0) is 31.8 Å². The van der Waals surface area contributed by atoms with Crippen molar-refractivity contribution in [3.05, 3.63) is 0 Å². The molecule has 0 bridgehead atoms. The van der Waals surface area contributed by atoms with Gasteiger partial charge in [0.1, 0.15) is 0 Å². The Bertz CT molecular complexity index is 254. The molecule has 0 aliphatic carbocycles. The minimum absolute atomic E-state index is 0.257. The maximum Gasteiger partial charge on any atom is 0.0589 e. The van der Waals surface area contributed by atoms with Crippen LogP contribution in [0, 0.1) is 11.3 Å². The fourth-order valence-corrected chi connectivity index (χ4v) is 3.37. The van der Waals surface area contributed by atoms with E-state index in [0.717, 1.165) is 45.8 Å². The summed E-state index contributed by atoms with van der Waals surface area (Å²) in [6.45, 7) is 10.7. The molecule has 2 aliphatic rings. The summed E-state index contributed by atoms with van der Waals surface area (Å²) in [6.07, 6.45) is 2.35. The van der Waals surface area contributed by atoms with Gasteiger partial charge in [0.05, 0.1) is 13.2 Å². The highest BCUT2D eigenvalue weighted by molar-refractivity contribution is 4.93. The molecule has 0 aromatic heterocycles. The Morgan fingerprint density at radius 3 is 2.94 bits per heavy atom. The second kappa shape index (κ2) is 6.33. The fraction of sp³-hybridized carbons (Fsp3) is 1.00. The van der Waals surface area contributed by atoms with Crippen LogP contribution in [0.3, 0.4) is 0 Å². The molecule has 2 N–H and O–H groups in total. The number of likely N-dealkylation sites (tertiary alicyclic amines) is 1. The number of hydrogen-bond acceptors (Lipinski definition) is 4. The van der Waals surface area contributed by atoms with Crippen molar-refractivity contribution in [3.8, 4) is 0 Å². The van der Waals surface area contributed by atoms with E-state index in [-0.39, 0.29) is 5.41 Å². The van der Waals surface area contributed by atoms with E-state index in [1.54, 1.807) is 0 Å². The van der Waals surface area contributed by atoms with E-state index in [9.17, 15) is 5.11 Å². The van der Waals surface area contributed by atoms with Crippen molar-refractivity contribution in [1.29, 1.82) is 0 Å². The van der Waals surface area contributed by atoms with E-state index in [4.69, 9.17) is 4.74 Å². The zero-order chi connectivity index (χ0) is 13.0. The van der Waals surface area contributed by atoms with Crippen molar-refractivity contribution in [2.45, 2.75) is 32.7 Å². The molecule has 0 amide bonds. The van der Waals surface area contributed by atoms with Crippen LogP contribution >= 0.6 is 0 Å². The third-order valence-corrected chi connectivity index (χ3v) is 4.66. The standard InChI is InChI=1S/C14H28N2O2/c1-3-15-9-14(5-7-18-11-14)10-16-6-4-12(2)13(16)8-17/h12-13,15,17H,3-11H2,1-2H3. The Hall–Kier alpha value is -0.160. The number of nitrogens with zero attached hydrogens (tertiary/aromatic N) is 1. The predicted octanol–water partition coefficient (Wildman–Crippen LogP) is 0.705. The third-order valence-electron chi connectivity index (χ3n) is 4.66. The number of nitrogens with one attached hydrogen (secondary N) is 1. The molecule has 3 atom stereocenters. The summed E-state index contributed by atoms with van der Waals surface area (Å²) >= 11 is 0. The van der Waals surface area contributed by atoms with Crippen molar-refractivity contribution in [1.82, 2.24) is 10.2 Å². The molecule has 3 unspecified atom stereocenters. The molecule has 2 saturated heterocycles. The highest BCUT2D eigenvalue weighted by atomic mass is 16.5. The van der Waals surface area contributed by atoms with Crippen LogP contribution in [-0.2, 0) is 4.74 Å². The van der Waals surface area contributed by atoms with Gasteiger partial charge >= 0.3 is 0 Å². The topological polar surface area (TPSA) is 44.7 Å². The highest BCUT2D eigenvalue weighted by Crippen LogP contribution is 2.33. The van der Waals surface area contributed by atoms with Gasteiger partial charge in [-0.25, -0.2) is 0 Å². The van der Waals surface area contributed by atoms with Crippen molar-refractivity contribution >= 4 is 0 Å². The van der Waals surface area contributed by atoms with E-state index in [0.29, 0.717) is 18.6 Å². The van der Waals surface area contributed by atoms with Crippen LogP contribution in [0.5, 0.6) is 0 Å². The van der Waals surface area contributed by atoms with Gasteiger partial charge in [-0.3, -0.25) is 4.90 Å². The van der Waals surface area contributed by atoms with Gasteiger partial charge in [-0.15, -0.1) is 0 Å². The first-order valence-electron chi connectivity index (χ1n) is 7.34. The zero-order valence-electron chi connectivity index (χ0n) is 11.8. The molecular formula is C14H28N2O2. The monoisotopic (exact) mass is 256 g/mol. The van der Waals surface area contributed by atoms with E-state index in [2.05, 4.69) is 24.1 Å². The number of aliphatic hydroxyl groups excluding tert-OH is 1. The van der Waals surface area contributed by atoms with Gasteiger partial charge in [0.2, 0.25) is 0 Å². The summed E-state index contributed by atoms with van der Waals surface area (Å²) < 4.78 is 5.63. The zero-order valence-corrected chi connectivity index (χ0v) is 11.8. The fourth-order valence-electron chi connectivity index (χ4n) is 3.37. The van der Waals surface area contributed by atoms with Crippen LogP contribution in [0.25, 0.3) is 0 Å². The number of ether oxygens (including phenoxy) is 1. The number of aliphatic hydroxyl groups is 1. The molecule has 4 heteroatoms. The van der Waals surface area contributed by atoms with Crippen LogP contribution in [0.2, 0.25) is 0 Å². The Balaban J connectivity index is 1.96. The summed E-state index contributed by atoms with van der Waals surface area (Å²) in [5.74, 6) is 0.619. The van der Waals surface area contributed by atoms with Crippen LogP contribution < -0.4 is 5.32 Å². The molecule has 0 spiro atoms. The van der Waals surface area contributed by atoms with Gasteiger partial charge in [0.15, 0.2) is 0 Å². The second-order valence-corrected chi connectivity index (χ2v) is 6.07. The number of hydrogen-bond donors (Lipinski definition) is 2. The average molecular weight is 256 g/mol. The molecule has 106 valence electrons. The van der Waals surface area contributed by atoms with Gasteiger partial charge in [0, 0.05) is 31.2 Å². The maximum absolute atomic E-state index is 9.55. The van der Waals surface area contributed by atoms with Crippen LogP contribution in [0.1, 0.15) is 26.7 Å². The van der Waals surface area contributed by atoms with E-state index < -0.39 is 0 Å². The van der Waals surface area contributed by atoms with Crippen molar-refractivity contribution in [3.63, 3.8) is 0 Å². The van der Waals surface area contributed by atoms with Crippen molar-refractivity contribution in [2.24, 2.45) is 11.3 Å². The molecule has 2 heterocycles. The van der Waals surface area contributed by atoms with Crippen LogP contribution in [-0.4, -0.2) is 62.0 Å². The lowest BCUT2D eigenvalue weighted by Gasteiger charge is -2.35. The van der Waals surface area contributed by atoms with Gasteiger partial charge in [-0.1, -0.05) is 13.8 Å². The summed E-state index contributed by atoms with van der Waals surface area (Å²) in [5.41, 5.74) is 0.257. The molecule has 4 nitrogen and oxygen atoms in total. The Morgan fingerprint density at radius 2 is 2.33 bits per heavy atom. The SMILES string of the molecule is CCNCC1(CN2CCC(C)C2CO)CCOC1. The van der Waals surface area contributed by atoms with E-state index in [1.165, 1.54) is 6.42 Å². The smallest absolute Gasteiger partial charge is 0.0589 e. The summed E-state index contributed by atoms with van der Waals surface area (Å²) in [4.78, 5) is 2.48. The van der Waals surface area contributed by atoms with Crippen LogP contribution in [0.15, 0.2) is 0 Å². The van der Waals surface area contributed by atoms with Crippen molar-refractivity contribution in [2.75, 3.05) is 46.0 Å². The second-order valence-electron chi connectivity index (χ2n) is 6.07. The average Bonchev–Trinajstić information content (AvgIpc) is 2.96. The molecule has 2 rings (SSSR count). The highest BCUT2D eigenvalue weighted by Gasteiger charge is 2.40. The van der Waals surface area contributed by atoms with Gasteiger partial charge < -0.3 is 15.2 Å². The van der Waals surface area contributed by atoms with Gasteiger partial charge in [-0.2, -0.15) is 0 Å². The van der Waals surface area contributed by atoms with E-state index in [1.807, 2.05) is 0 Å².